The number of aryl methyl sites for hydroxylation is 2. The predicted molar refractivity (Wildman–Crippen MR) is 58.7 cm³/mol. The maximum atomic E-state index is 11.9. The fourth-order valence-corrected chi connectivity index (χ4v) is 2.60. The largest absolute Gasteiger partial charge is 0.361 e. The Bertz CT molecular complexity index is 350. The van der Waals surface area contributed by atoms with E-state index in [2.05, 4.69) is 5.16 Å². The van der Waals surface area contributed by atoms with Gasteiger partial charge >= 0.3 is 0 Å². The summed E-state index contributed by atoms with van der Waals surface area (Å²) < 4.78 is 5.03. The lowest BCUT2D eigenvalue weighted by Gasteiger charge is -2.13. The van der Waals surface area contributed by atoms with E-state index in [-0.39, 0.29) is 5.91 Å². The summed E-state index contributed by atoms with van der Waals surface area (Å²) in [7, 11) is 0. The lowest BCUT2D eigenvalue weighted by molar-refractivity contribution is -0.129. The Morgan fingerprint density at radius 2 is 2.40 bits per heavy atom. The van der Waals surface area contributed by atoms with Crippen molar-refractivity contribution in [3.8, 4) is 0 Å². The molecule has 2 heterocycles. The van der Waals surface area contributed by atoms with Crippen molar-refractivity contribution in [2.75, 3.05) is 18.2 Å². The van der Waals surface area contributed by atoms with Crippen molar-refractivity contribution in [1.82, 2.24) is 10.1 Å². The number of nitrogens with zero attached hydrogens (tertiary/aromatic N) is 2. The van der Waals surface area contributed by atoms with Crippen LogP contribution in [0.1, 0.15) is 17.0 Å². The average molecular weight is 226 g/mol. The highest BCUT2D eigenvalue weighted by Crippen LogP contribution is 2.18. The molecular weight excluding hydrogens is 212 g/mol. The van der Waals surface area contributed by atoms with E-state index in [9.17, 15) is 4.79 Å². The van der Waals surface area contributed by atoms with Gasteiger partial charge in [-0.05, 0) is 13.8 Å². The molecule has 2 rings (SSSR count). The molecule has 1 amide bonds. The number of hydrogen-bond donors (Lipinski definition) is 0. The van der Waals surface area contributed by atoms with Crippen LogP contribution >= 0.6 is 11.8 Å². The molecule has 4 nitrogen and oxygen atoms in total. The quantitative estimate of drug-likeness (QED) is 0.764. The van der Waals surface area contributed by atoms with Gasteiger partial charge in [0.2, 0.25) is 5.91 Å². The second-order valence-corrected chi connectivity index (χ2v) is 4.75. The number of carbonyl (C=O) groups excluding carboxylic acids is 1. The molecule has 1 aliphatic rings. The minimum absolute atomic E-state index is 0.175. The van der Waals surface area contributed by atoms with E-state index in [0.29, 0.717) is 6.42 Å². The van der Waals surface area contributed by atoms with Crippen LogP contribution in [0, 0.1) is 13.8 Å². The van der Waals surface area contributed by atoms with Gasteiger partial charge in [0.1, 0.15) is 5.76 Å². The van der Waals surface area contributed by atoms with Gasteiger partial charge in [0.25, 0.3) is 0 Å². The van der Waals surface area contributed by atoms with Crippen molar-refractivity contribution in [3.63, 3.8) is 0 Å². The number of thioether (sulfide) groups is 1. The van der Waals surface area contributed by atoms with Crippen molar-refractivity contribution < 1.29 is 9.32 Å². The van der Waals surface area contributed by atoms with Gasteiger partial charge in [-0.3, -0.25) is 4.79 Å². The van der Waals surface area contributed by atoms with E-state index in [1.165, 1.54) is 0 Å². The Kier molecular flexibility index (Phi) is 3.00. The van der Waals surface area contributed by atoms with Crippen LogP contribution in [0.4, 0.5) is 0 Å². The lowest BCUT2D eigenvalue weighted by atomic mass is 10.1. The van der Waals surface area contributed by atoms with Gasteiger partial charge < -0.3 is 9.42 Å². The number of amides is 1. The fourth-order valence-electron chi connectivity index (χ4n) is 1.63. The third kappa shape index (κ3) is 2.17. The monoisotopic (exact) mass is 226 g/mol. The van der Waals surface area contributed by atoms with Crippen molar-refractivity contribution in [2.45, 2.75) is 20.3 Å². The first-order chi connectivity index (χ1) is 7.18. The molecule has 82 valence electrons. The minimum Gasteiger partial charge on any atom is -0.361 e. The van der Waals surface area contributed by atoms with Crippen molar-refractivity contribution in [2.24, 2.45) is 0 Å². The molecule has 1 fully saturated rings. The topological polar surface area (TPSA) is 46.3 Å². The molecular formula is C10H14N2O2S. The summed E-state index contributed by atoms with van der Waals surface area (Å²) in [5, 5.41) is 3.84. The van der Waals surface area contributed by atoms with E-state index in [1.54, 1.807) is 11.8 Å². The zero-order chi connectivity index (χ0) is 10.8. The summed E-state index contributed by atoms with van der Waals surface area (Å²) in [6, 6.07) is 0. The third-order valence-electron chi connectivity index (χ3n) is 2.61. The van der Waals surface area contributed by atoms with E-state index in [0.717, 1.165) is 35.2 Å². The summed E-state index contributed by atoms with van der Waals surface area (Å²) in [4.78, 5) is 13.7. The Morgan fingerprint density at radius 1 is 1.60 bits per heavy atom. The number of rotatable bonds is 2. The van der Waals surface area contributed by atoms with Crippen LogP contribution in [-0.2, 0) is 11.2 Å². The molecule has 1 aromatic rings. The van der Waals surface area contributed by atoms with Gasteiger partial charge in [0, 0.05) is 17.9 Å². The van der Waals surface area contributed by atoms with E-state index in [1.807, 2.05) is 18.7 Å². The maximum Gasteiger partial charge on any atom is 0.227 e. The van der Waals surface area contributed by atoms with Crippen LogP contribution in [0.2, 0.25) is 0 Å². The molecule has 0 radical (unpaired) electrons. The Morgan fingerprint density at radius 3 is 2.93 bits per heavy atom. The molecule has 1 aliphatic heterocycles. The molecule has 0 spiro atoms. The molecule has 0 aliphatic carbocycles. The number of hydrogen-bond acceptors (Lipinski definition) is 4. The average Bonchev–Trinajstić information content (AvgIpc) is 2.82. The zero-order valence-corrected chi connectivity index (χ0v) is 9.76. The summed E-state index contributed by atoms with van der Waals surface area (Å²) >= 11 is 1.80. The van der Waals surface area contributed by atoms with Gasteiger partial charge in [-0.25, -0.2) is 0 Å². The molecule has 15 heavy (non-hydrogen) atoms. The first-order valence-corrected chi connectivity index (χ1v) is 6.11. The fraction of sp³-hybridized carbons (Fsp3) is 0.600. The second kappa shape index (κ2) is 4.26. The van der Waals surface area contributed by atoms with E-state index in [4.69, 9.17) is 4.52 Å². The summed E-state index contributed by atoms with van der Waals surface area (Å²) in [6.07, 6.45) is 0.418. The molecule has 0 bridgehead atoms. The van der Waals surface area contributed by atoms with Crippen LogP contribution in [0.25, 0.3) is 0 Å². The standard InChI is InChI=1S/C10H14N2O2S/c1-7-9(8(2)14-11-7)5-10(13)12-3-4-15-6-12/h3-6H2,1-2H3. The van der Waals surface area contributed by atoms with E-state index < -0.39 is 0 Å². The highest BCUT2D eigenvalue weighted by Gasteiger charge is 2.21. The molecule has 1 saturated heterocycles. The van der Waals surface area contributed by atoms with Gasteiger partial charge in [-0.2, -0.15) is 0 Å². The van der Waals surface area contributed by atoms with Crippen LogP contribution in [0.15, 0.2) is 4.52 Å². The Hall–Kier alpha value is -0.970. The first-order valence-electron chi connectivity index (χ1n) is 4.95. The van der Waals surface area contributed by atoms with Gasteiger partial charge in [0.05, 0.1) is 18.0 Å². The summed E-state index contributed by atoms with van der Waals surface area (Å²) in [5.74, 6) is 2.80. The van der Waals surface area contributed by atoms with Crippen LogP contribution in [0.3, 0.4) is 0 Å². The molecule has 0 unspecified atom stereocenters. The van der Waals surface area contributed by atoms with E-state index >= 15 is 0 Å². The van der Waals surface area contributed by atoms with Crippen molar-refractivity contribution in [3.05, 3.63) is 17.0 Å². The number of carbonyl (C=O) groups is 1. The smallest absolute Gasteiger partial charge is 0.227 e. The Balaban J connectivity index is 2.05. The third-order valence-corrected chi connectivity index (χ3v) is 3.58. The minimum atomic E-state index is 0.175. The SMILES string of the molecule is Cc1noc(C)c1CC(=O)N1CCSC1. The highest BCUT2D eigenvalue weighted by atomic mass is 32.2. The zero-order valence-electron chi connectivity index (χ0n) is 8.95. The molecule has 0 aromatic carbocycles. The van der Waals surface area contributed by atoms with Gasteiger partial charge in [-0.15, -0.1) is 11.8 Å². The molecule has 0 atom stereocenters. The number of aromatic nitrogens is 1. The summed E-state index contributed by atoms with van der Waals surface area (Å²) in [5.41, 5.74) is 1.77. The van der Waals surface area contributed by atoms with Crippen molar-refractivity contribution >= 4 is 17.7 Å². The molecule has 1 aromatic heterocycles. The molecule has 5 heteroatoms. The van der Waals surface area contributed by atoms with Gasteiger partial charge in [0.15, 0.2) is 0 Å². The maximum absolute atomic E-state index is 11.9. The van der Waals surface area contributed by atoms with Crippen LogP contribution in [0.5, 0.6) is 0 Å². The van der Waals surface area contributed by atoms with Crippen LogP contribution < -0.4 is 0 Å². The van der Waals surface area contributed by atoms with Crippen LogP contribution in [-0.4, -0.2) is 34.1 Å². The van der Waals surface area contributed by atoms with Crippen molar-refractivity contribution in [1.29, 1.82) is 0 Å². The highest BCUT2D eigenvalue weighted by molar-refractivity contribution is 7.99. The second-order valence-electron chi connectivity index (χ2n) is 3.67. The molecule has 0 N–H and O–H groups in total. The normalized spacial score (nSPS) is 16.0. The summed E-state index contributed by atoms with van der Waals surface area (Å²) in [6.45, 7) is 4.59. The van der Waals surface area contributed by atoms with Gasteiger partial charge in [-0.1, -0.05) is 5.16 Å². The predicted octanol–water partition coefficient (Wildman–Crippen LogP) is 1.37. The lowest BCUT2D eigenvalue weighted by Crippen LogP contribution is -2.29. The Labute approximate surface area is 93.0 Å². The first kappa shape index (κ1) is 10.5. The molecule has 0 saturated carbocycles.